The molecule has 0 saturated carbocycles. The standard InChI is InChI=1S/C37H22N2O3/c1-3-9-23(10-4-1)37-38-30-18-20-33-35(36(30)42-37)28-17-15-26(22-34(28)41-33)39(24-11-5-2-6-12-24)25-16-19-32-29(21-25)27-13-7-8-14-31(27)40-32/h1-22H. The minimum Gasteiger partial charge on any atom is -0.456 e. The number of hydrogen-bond acceptors (Lipinski definition) is 5. The highest BCUT2D eigenvalue weighted by molar-refractivity contribution is 6.17. The molecule has 3 heterocycles. The Morgan fingerprint density at radius 1 is 0.452 bits per heavy atom. The van der Waals surface area contributed by atoms with Crippen LogP contribution in [0.1, 0.15) is 0 Å². The maximum Gasteiger partial charge on any atom is 0.227 e. The molecule has 0 amide bonds. The van der Waals surface area contributed by atoms with Gasteiger partial charge in [-0.1, -0.05) is 54.6 Å². The van der Waals surface area contributed by atoms with E-state index in [1.54, 1.807) is 0 Å². The van der Waals surface area contributed by atoms with Crippen LogP contribution in [0, 0.1) is 0 Å². The van der Waals surface area contributed by atoms with Gasteiger partial charge in [0.15, 0.2) is 5.58 Å². The van der Waals surface area contributed by atoms with E-state index in [9.17, 15) is 0 Å². The maximum atomic E-state index is 6.42. The first-order valence-corrected chi connectivity index (χ1v) is 13.9. The summed E-state index contributed by atoms with van der Waals surface area (Å²) in [5.74, 6) is 0.599. The molecule has 5 heteroatoms. The van der Waals surface area contributed by atoms with Crippen molar-refractivity contribution in [3.05, 3.63) is 133 Å². The Hall–Kier alpha value is -5.81. The molecule has 0 saturated heterocycles. The van der Waals surface area contributed by atoms with E-state index in [-0.39, 0.29) is 0 Å². The summed E-state index contributed by atoms with van der Waals surface area (Å²) >= 11 is 0. The quantitative estimate of drug-likeness (QED) is 0.221. The van der Waals surface area contributed by atoms with E-state index < -0.39 is 0 Å². The lowest BCUT2D eigenvalue weighted by Gasteiger charge is -2.25. The molecule has 6 aromatic carbocycles. The number of benzene rings is 6. The summed E-state index contributed by atoms with van der Waals surface area (Å²) in [6.07, 6.45) is 0. The van der Waals surface area contributed by atoms with Crippen molar-refractivity contribution in [3.63, 3.8) is 0 Å². The molecule has 0 radical (unpaired) electrons. The topological polar surface area (TPSA) is 55.6 Å². The predicted octanol–water partition coefficient (Wildman–Crippen LogP) is 10.8. The number of anilines is 3. The monoisotopic (exact) mass is 542 g/mol. The second-order valence-corrected chi connectivity index (χ2v) is 10.4. The molecular weight excluding hydrogens is 520 g/mol. The molecule has 3 aromatic heterocycles. The van der Waals surface area contributed by atoms with Crippen LogP contribution in [0.2, 0.25) is 0 Å². The van der Waals surface area contributed by atoms with E-state index in [4.69, 9.17) is 18.2 Å². The van der Waals surface area contributed by atoms with E-state index in [1.807, 2.05) is 72.8 Å². The van der Waals surface area contributed by atoms with E-state index in [1.165, 1.54) is 0 Å². The van der Waals surface area contributed by atoms with Gasteiger partial charge in [0.05, 0.1) is 5.39 Å². The van der Waals surface area contributed by atoms with Gasteiger partial charge >= 0.3 is 0 Å². The van der Waals surface area contributed by atoms with Gasteiger partial charge in [0.1, 0.15) is 27.8 Å². The minimum absolute atomic E-state index is 0.599. The summed E-state index contributed by atoms with van der Waals surface area (Å²) < 4.78 is 18.9. The zero-order valence-corrected chi connectivity index (χ0v) is 22.3. The molecule has 0 aliphatic rings. The van der Waals surface area contributed by atoms with Crippen LogP contribution < -0.4 is 4.90 Å². The maximum absolute atomic E-state index is 6.42. The summed E-state index contributed by atoms with van der Waals surface area (Å²) in [6.45, 7) is 0. The molecular formula is C37H22N2O3. The number of aromatic nitrogens is 1. The zero-order valence-electron chi connectivity index (χ0n) is 22.3. The molecule has 0 aliphatic heterocycles. The van der Waals surface area contributed by atoms with Crippen molar-refractivity contribution in [1.82, 2.24) is 4.98 Å². The summed E-state index contributed by atoms with van der Waals surface area (Å²) in [5, 5.41) is 4.09. The normalized spacial score (nSPS) is 11.8. The van der Waals surface area contributed by atoms with Gasteiger partial charge in [-0.05, 0) is 72.8 Å². The van der Waals surface area contributed by atoms with Crippen molar-refractivity contribution >= 4 is 72.0 Å². The fourth-order valence-corrected chi connectivity index (χ4v) is 5.96. The third-order valence-corrected chi connectivity index (χ3v) is 7.89. The highest BCUT2D eigenvalue weighted by atomic mass is 16.4. The smallest absolute Gasteiger partial charge is 0.227 e. The summed E-state index contributed by atoms with van der Waals surface area (Å²) in [7, 11) is 0. The first-order valence-electron chi connectivity index (χ1n) is 13.9. The molecule has 0 unspecified atom stereocenters. The highest BCUT2D eigenvalue weighted by Crippen LogP contribution is 2.42. The molecule has 0 bridgehead atoms. The van der Waals surface area contributed by atoms with Gasteiger partial charge in [-0.25, -0.2) is 4.98 Å². The molecule has 5 nitrogen and oxygen atoms in total. The summed E-state index contributed by atoms with van der Waals surface area (Å²) in [6, 6.07) is 45.1. The van der Waals surface area contributed by atoms with E-state index in [2.05, 4.69) is 65.6 Å². The van der Waals surface area contributed by atoms with Gasteiger partial charge < -0.3 is 18.2 Å². The van der Waals surface area contributed by atoms with E-state index in [0.29, 0.717) is 5.89 Å². The SMILES string of the molecule is c1ccc(-c2nc3ccc4oc5cc(N(c6ccccc6)c6ccc7oc8ccccc8c7c6)ccc5c4c3o2)cc1. The molecule has 0 fully saturated rings. The molecule has 0 atom stereocenters. The molecule has 9 rings (SSSR count). The number of hydrogen-bond donors (Lipinski definition) is 0. The summed E-state index contributed by atoms with van der Waals surface area (Å²) in [4.78, 5) is 7.00. The lowest BCUT2D eigenvalue weighted by molar-refractivity contribution is 0.622. The number of rotatable bonds is 4. The van der Waals surface area contributed by atoms with Crippen molar-refractivity contribution in [3.8, 4) is 11.5 Å². The van der Waals surface area contributed by atoms with Crippen LogP contribution in [-0.2, 0) is 0 Å². The average Bonchev–Trinajstić information content (AvgIpc) is 3.75. The molecule has 198 valence electrons. The van der Waals surface area contributed by atoms with E-state index >= 15 is 0 Å². The Bertz CT molecular complexity index is 2420. The molecule has 0 N–H and O–H groups in total. The lowest BCUT2D eigenvalue weighted by Crippen LogP contribution is -2.09. The average molecular weight is 543 g/mol. The fraction of sp³-hybridized carbons (Fsp3) is 0. The van der Waals surface area contributed by atoms with Gasteiger partial charge in [0.25, 0.3) is 0 Å². The van der Waals surface area contributed by atoms with Crippen molar-refractivity contribution < 1.29 is 13.3 Å². The lowest BCUT2D eigenvalue weighted by atomic mass is 10.1. The second kappa shape index (κ2) is 8.85. The molecule has 0 aliphatic carbocycles. The molecule has 0 spiro atoms. The van der Waals surface area contributed by atoms with Crippen molar-refractivity contribution in [1.29, 1.82) is 0 Å². The highest BCUT2D eigenvalue weighted by Gasteiger charge is 2.20. The number of oxazole rings is 1. The van der Waals surface area contributed by atoms with Crippen molar-refractivity contribution in [2.45, 2.75) is 0 Å². The van der Waals surface area contributed by atoms with Gasteiger partial charge in [-0.15, -0.1) is 0 Å². The predicted molar refractivity (Wildman–Crippen MR) is 169 cm³/mol. The third kappa shape index (κ3) is 3.47. The largest absolute Gasteiger partial charge is 0.456 e. The Morgan fingerprint density at radius 3 is 2.02 bits per heavy atom. The number of nitrogens with zero attached hydrogens (tertiary/aromatic N) is 2. The first kappa shape index (κ1) is 22.9. The van der Waals surface area contributed by atoms with Gasteiger partial charge in [-0.3, -0.25) is 0 Å². The van der Waals surface area contributed by atoms with Gasteiger partial charge in [0, 0.05) is 44.9 Å². The minimum atomic E-state index is 0.599. The van der Waals surface area contributed by atoms with Crippen LogP contribution >= 0.6 is 0 Å². The molecule has 9 aromatic rings. The zero-order chi connectivity index (χ0) is 27.6. The molecule has 42 heavy (non-hydrogen) atoms. The number of furan rings is 2. The van der Waals surface area contributed by atoms with Crippen molar-refractivity contribution in [2.75, 3.05) is 4.90 Å². The van der Waals surface area contributed by atoms with Crippen LogP contribution in [0.3, 0.4) is 0 Å². The van der Waals surface area contributed by atoms with Crippen molar-refractivity contribution in [2.24, 2.45) is 0 Å². The second-order valence-electron chi connectivity index (χ2n) is 10.4. The van der Waals surface area contributed by atoms with Crippen LogP contribution in [0.4, 0.5) is 17.1 Å². The van der Waals surface area contributed by atoms with Crippen LogP contribution in [0.15, 0.2) is 147 Å². The third-order valence-electron chi connectivity index (χ3n) is 7.89. The number of fused-ring (bicyclic) bond motifs is 8. The van der Waals surface area contributed by atoms with Gasteiger partial charge in [0.2, 0.25) is 5.89 Å². The Balaban J connectivity index is 1.23. The number of para-hydroxylation sites is 2. The van der Waals surface area contributed by atoms with Crippen LogP contribution in [-0.4, -0.2) is 4.98 Å². The van der Waals surface area contributed by atoms with Crippen LogP contribution in [0.25, 0.3) is 66.4 Å². The Labute approximate surface area is 239 Å². The fourth-order valence-electron chi connectivity index (χ4n) is 5.96. The van der Waals surface area contributed by atoms with Gasteiger partial charge in [-0.2, -0.15) is 0 Å². The van der Waals surface area contributed by atoms with E-state index in [0.717, 1.165) is 77.6 Å². The Kier molecular flexibility index (Phi) is 4.83. The summed E-state index contributed by atoms with van der Waals surface area (Å²) in [5.41, 5.74) is 8.84. The Morgan fingerprint density at radius 2 is 1.14 bits per heavy atom. The van der Waals surface area contributed by atoms with Crippen LogP contribution in [0.5, 0.6) is 0 Å². The first-order chi connectivity index (χ1) is 20.8.